The average Bonchev–Trinajstić information content (AvgIpc) is 3.34. The van der Waals surface area contributed by atoms with Gasteiger partial charge in [0.15, 0.2) is 0 Å². The van der Waals surface area contributed by atoms with Crippen LogP contribution in [-0.2, 0) is 11.3 Å². The number of aromatic carboxylic acids is 1. The molecule has 40 heavy (non-hydrogen) atoms. The van der Waals surface area contributed by atoms with Crippen molar-refractivity contribution in [2.75, 3.05) is 40.0 Å². The van der Waals surface area contributed by atoms with E-state index >= 15 is 0 Å². The summed E-state index contributed by atoms with van der Waals surface area (Å²) in [6.45, 7) is 5.05. The van der Waals surface area contributed by atoms with Crippen molar-refractivity contribution in [2.45, 2.75) is 44.6 Å². The Hall–Kier alpha value is -3.68. The molecule has 1 saturated carbocycles. The number of morpholine rings is 1. The molecule has 208 valence electrons. The van der Waals surface area contributed by atoms with Gasteiger partial charge in [-0.15, -0.1) is 0 Å². The minimum atomic E-state index is -0.890. The number of pyridine rings is 1. The van der Waals surface area contributed by atoms with E-state index in [9.17, 15) is 9.90 Å². The van der Waals surface area contributed by atoms with Crippen LogP contribution in [-0.4, -0.2) is 65.5 Å². The Kier molecular flexibility index (Phi) is 7.84. The Morgan fingerprint density at radius 3 is 2.48 bits per heavy atom. The number of fused-ring (bicyclic) bond motifs is 1. The van der Waals surface area contributed by atoms with Crippen molar-refractivity contribution >= 4 is 16.9 Å². The summed E-state index contributed by atoms with van der Waals surface area (Å²) in [5, 5.41) is 11.0. The fourth-order valence-corrected chi connectivity index (χ4v) is 6.50. The van der Waals surface area contributed by atoms with Gasteiger partial charge in [0.1, 0.15) is 0 Å². The number of carboxylic acids is 1. The van der Waals surface area contributed by atoms with Crippen molar-refractivity contribution in [2.24, 2.45) is 0 Å². The predicted molar refractivity (Wildman–Crippen MR) is 157 cm³/mol. The topological polar surface area (TPSA) is 76.8 Å². The predicted octanol–water partition coefficient (Wildman–Crippen LogP) is 6.46. The monoisotopic (exact) mass is 539 g/mol. The van der Waals surface area contributed by atoms with Crippen molar-refractivity contribution < 1.29 is 19.4 Å². The van der Waals surface area contributed by atoms with Gasteiger partial charge in [-0.05, 0) is 59.7 Å². The minimum Gasteiger partial charge on any atom is -0.481 e. The summed E-state index contributed by atoms with van der Waals surface area (Å²) >= 11 is 0. The molecule has 7 nitrogen and oxygen atoms in total. The lowest BCUT2D eigenvalue weighted by atomic mass is 9.81. The highest BCUT2D eigenvalue weighted by Gasteiger charge is 2.27. The van der Waals surface area contributed by atoms with Gasteiger partial charge in [-0.25, -0.2) is 9.78 Å². The molecule has 2 fully saturated rings. The van der Waals surface area contributed by atoms with Crippen LogP contribution in [0.15, 0.2) is 60.8 Å². The first-order valence-electron chi connectivity index (χ1n) is 14.4. The Labute approximate surface area is 235 Å². The number of hydrogen-bond acceptors (Lipinski definition) is 5. The summed E-state index contributed by atoms with van der Waals surface area (Å²) in [5.41, 5.74) is 7.12. The highest BCUT2D eigenvalue weighted by Crippen LogP contribution is 2.44. The lowest BCUT2D eigenvalue weighted by molar-refractivity contribution is 0.0366. The summed E-state index contributed by atoms with van der Waals surface area (Å²) < 4.78 is 13.5. The van der Waals surface area contributed by atoms with Gasteiger partial charge in [0, 0.05) is 48.8 Å². The van der Waals surface area contributed by atoms with Crippen molar-refractivity contribution in [1.29, 1.82) is 0 Å². The third kappa shape index (κ3) is 5.23. The Morgan fingerprint density at radius 1 is 1.00 bits per heavy atom. The van der Waals surface area contributed by atoms with E-state index in [1.807, 2.05) is 24.3 Å². The number of aromatic nitrogens is 2. The molecular formula is C33H37N3O4. The van der Waals surface area contributed by atoms with Gasteiger partial charge < -0.3 is 19.1 Å². The van der Waals surface area contributed by atoms with E-state index in [-0.39, 0.29) is 0 Å². The first-order valence-corrected chi connectivity index (χ1v) is 14.4. The lowest BCUT2D eigenvalue weighted by Crippen LogP contribution is -2.38. The quantitative estimate of drug-likeness (QED) is 0.277. The molecule has 3 heterocycles. The second-order valence-electron chi connectivity index (χ2n) is 10.9. The SMILES string of the molecule is COc1ncccc1-c1ccc(-c2c(C3CCCCC3)c3ccc(C(=O)O)cc3n2CCN2CCOCC2)cc1. The zero-order chi connectivity index (χ0) is 27.5. The number of benzene rings is 2. The van der Waals surface area contributed by atoms with Crippen LogP contribution < -0.4 is 4.74 Å². The molecule has 0 atom stereocenters. The molecule has 7 heteroatoms. The summed E-state index contributed by atoms with van der Waals surface area (Å²) in [7, 11) is 1.65. The van der Waals surface area contributed by atoms with E-state index in [0.717, 1.165) is 61.6 Å². The number of hydrogen-bond donors (Lipinski definition) is 1. The molecule has 0 radical (unpaired) electrons. The second-order valence-corrected chi connectivity index (χ2v) is 10.9. The van der Waals surface area contributed by atoms with Crippen LogP contribution in [0.5, 0.6) is 5.88 Å². The Bertz CT molecular complexity index is 1480. The molecule has 4 aromatic rings. The van der Waals surface area contributed by atoms with Crippen LogP contribution in [0.4, 0.5) is 0 Å². The molecule has 0 bridgehead atoms. The van der Waals surface area contributed by atoms with Gasteiger partial charge in [0.25, 0.3) is 0 Å². The fraction of sp³-hybridized carbons (Fsp3) is 0.394. The van der Waals surface area contributed by atoms with E-state index in [0.29, 0.717) is 17.4 Å². The first kappa shape index (κ1) is 26.5. The molecule has 2 aromatic heterocycles. The number of ether oxygens (including phenoxy) is 2. The second kappa shape index (κ2) is 11.8. The van der Waals surface area contributed by atoms with Gasteiger partial charge >= 0.3 is 5.97 Å². The van der Waals surface area contributed by atoms with E-state index in [1.54, 1.807) is 19.4 Å². The van der Waals surface area contributed by atoms with Crippen LogP contribution in [0.2, 0.25) is 0 Å². The summed E-state index contributed by atoms with van der Waals surface area (Å²) in [6, 6.07) is 18.3. The molecule has 1 N–H and O–H groups in total. The maximum absolute atomic E-state index is 12.0. The normalized spacial score (nSPS) is 16.8. The molecule has 1 aliphatic carbocycles. The van der Waals surface area contributed by atoms with Crippen LogP contribution in [0.25, 0.3) is 33.3 Å². The number of carboxylic acid groups (broad SMARTS) is 1. The highest BCUT2D eigenvalue weighted by atomic mass is 16.5. The Morgan fingerprint density at radius 2 is 1.75 bits per heavy atom. The fourth-order valence-electron chi connectivity index (χ4n) is 6.50. The zero-order valence-electron chi connectivity index (χ0n) is 23.1. The summed E-state index contributed by atoms with van der Waals surface area (Å²) in [5.74, 6) is 0.182. The van der Waals surface area contributed by atoms with E-state index < -0.39 is 5.97 Å². The van der Waals surface area contributed by atoms with Crippen molar-refractivity contribution in [3.05, 3.63) is 71.9 Å². The van der Waals surface area contributed by atoms with Crippen LogP contribution in [0, 0.1) is 0 Å². The lowest BCUT2D eigenvalue weighted by Gasteiger charge is -2.27. The third-order valence-corrected chi connectivity index (χ3v) is 8.54. The smallest absolute Gasteiger partial charge is 0.335 e. The molecule has 0 amide bonds. The zero-order valence-corrected chi connectivity index (χ0v) is 23.1. The first-order chi connectivity index (χ1) is 19.6. The molecule has 0 unspecified atom stereocenters. The number of carbonyl (C=O) groups is 1. The standard InChI is InChI=1S/C33H37N3O4/c1-39-32-27(8-5-15-34-32)23-9-11-25(12-10-23)31-30(24-6-3-2-4-7-24)28-14-13-26(33(37)38)22-29(28)36(31)17-16-35-18-20-40-21-19-35/h5,8-15,22,24H,2-4,6-7,16-21H2,1H3,(H,37,38). The molecule has 0 spiro atoms. The van der Waals surface area contributed by atoms with Gasteiger partial charge in [-0.2, -0.15) is 0 Å². The van der Waals surface area contributed by atoms with Gasteiger partial charge in [0.2, 0.25) is 5.88 Å². The number of methoxy groups -OCH3 is 1. The number of nitrogens with zero attached hydrogens (tertiary/aromatic N) is 3. The van der Waals surface area contributed by atoms with Crippen LogP contribution in [0.1, 0.15) is 53.9 Å². The summed E-state index contributed by atoms with van der Waals surface area (Å²) in [6.07, 6.45) is 7.83. The van der Waals surface area contributed by atoms with Gasteiger partial charge in [-0.3, -0.25) is 4.90 Å². The van der Waals surface area contributed by atoms with E-state index in [1.165, 1.54) is 48.7 Å². The van der Waals surface area contributed by atoms with E-state index in [4.69, 9.17) is 9.47 Å². The minimum absolute atomic E-state index is 0.332. The molecule has 1 saturated heterocycles. The molecule has 2 aliphatic rings. The maximum Gasteiger partial charge on any atom is 0.335 e. The molecular weight excluding hydrogens is 502 g/mol. The Balaban J connectivity index is 1.50. The maximum atomic E-state index is 12.0. The van der Waals surface area contributed by atoms with Crippen molar-refractivity contribution in [3.8, 4) is 28.3 Å². The molecule has 2 aromatic carbocycles. The van der Waals surface area contributed by atoms with Crippen LogP contribution in [0.3, 0.4) is 0 Å². The molecule has 1 aliphatic heterocycles. The van der Waals surface area contributed by atoms with Crippen molar-refractivity contribution in [3.63, 3.8) is 0 Å². The third-order valence-electron chi connectivity index (χ3n) is 8.54. The summed E-state index contributed by atoms with van der Waals surface area (Å²) in [4.78, 5) is 18.8. The van der Waals surface area contributed by atoms with Gasteiger partial charge in [-0.1, -0.05) is 49.6 Å². The largest absolute Gasteiger partial charge is 0.481 e. The van der Waals surface area contributed by atoms with Crippen molar-refractivity contribution in [1.82, 2.24) is 14.5 Å². The van der Waals surface area contributed by atoms with Crippen LogP contribution >= 0.6 is 0 Å². The average molecular weight is 540 g/mol. The van der Waals surface area contributed by atoms with E-state index in [2.05, 4.69) is 38.7 Å². The molecule has 6 rings (SSSR count). The van der Waals surface area contributed by atoms with Gasteiger partial charge in [0.05, 0.1) is 31.6 Å². The number of rotatable bonds is 8. The highest BCUT2D eigenvalue weighted by molar-refractivity contribution is 5.98.